The fourth-order valence-corrected chi connectivity index (χ4v) is 5.99. The van der Waals surface area contributed by atoms with E-state index in [9.17, 15) is 4.79 Å². The molecule has 1 saturated heterocycles. The highest BCUT2D eigenvalue weighted by atomic mass is 32.1. The van der Waals surface area contributed by atoms with Gasteiger partial charge in [-0.1, -0.05) is 44.7 Å². The average Bonchev–Trinajstić information content (AvgIpc) is 3.33. The van der Waals surface area contributed by atoms with Crippen LogP contribution in [0.2, 0.25) is 0 Å². The molecule has 4 nitrogen and oxygen atoms in total. The van der Waals surface area contributed by atoms with E-state index in [1.807, 2.05) is 17.3 Å². The van der Waals surface area contributed by atoms with Crippen LogP contribution < -0.4 is 4.90 Å². The summed E-state index contributed by atoms with van der Waals surface area (Å²) < 4.78 is 0. The summed E-state index contributed by atoms with van der Waals surface area (Å²) in [6, 6.07) is 9.54. The number of piperidine rings is 1. The zero-order valence-corrected chi connectivity index (χ0v) is 20.0. The van der Waals surface area contributed by atoms with Crippen LogP contribution in [-0.2, 0) is 6.42 Å². The van der Waals surface area contributed by atoms with Crippen LogP contribution >= 0.6 is 11.3 Å². The van der Waals surface area contributed by atoms with E-state index in [-0.39, 0.29) is 5.91 Å². The zero-order valence-electron chi connectivity index (χ0n) is 19.2. The Labute approximate surface area is 191 Å². The first-order valence-electron chi connectivity index (χ1n) is 12.2. The van der Waals surface area contributed by atoms with Crippen molar-refractivity contribution >= 4 is 22.9 Å². The van der Waals surface area contributed by atoms with Crippen LogP contribution in [0.5, 0.6) is 0 Å². The maximum atomic E-state index is 12.9. The Balaban J connectivity index is 1.31. The van der Waals surface area contributed by atoms with Crippen molar-refractivity contribution in [3.8, 4) is 0 Å². The van der Waals surface area contributed by atoms with Gasteiger partial charge in [-0.25, -0.2) is 4.98 Å². The maximum Gasteiger partial charge on any atom is 0.273 e. The Morgan fingerprint density at radius 3 is 2.48 bits per heavy atom. The molecule has 1 aliphatic carbocycles. The molecule has 1 aromatic carbocycles. The monoisotopic (exact) mass is 439 g/mol. The van der Waals surface area contributed by atoms with Crippen molar-refractivity contribution in [1.29, 1.82) is 0 Å². The fourth-order valence-electron chi connectivity index (χ4n) is 5.03. The molecule has 2 heterocycles. The van der Waals surface area contributed by atoms with E-state index in [2.05, 4.69) is 36.1 Å². The van der Waals surface area contributed by atoms with Crippen molar-refractivity contribution in [2.75, 3.05) is 25.0 Å². The van der Waals surface area contributed by atoms with Gasteiger partial charge in [0.15, 0.2) is 0 Å². The molecule has 0 N–H and O–H groups in total. The number of anilines is 1. The normalized spacial score (nSPS) is 18.3. The van der Waals surface area contributed by atoms with E-state index in [0.29, 0.717) is 17.7 Å². The molecular formula is C26H37N3OS. The van der Waals surface area contributed by atoms with Crippen molar-refractivity contribution in [3.05, 3.63) is 45.9 Å². The SMILES string of the molecule is CCCCc1ccc(N2CCC(c3nc(C(=O)N(C)C4CCCCC4)cs3)CC2)cc1. The number of benzene rings is 1. The molecule has 31 heavy (non-hydrogen) atoms. The number of aromatic nitrogens is 1. The fraction of sp³-hybridized carbons (Fsp3) is 0.615. The smallest absolute Gasteiger partial charge is 0.273 e. The minimum atomic E-state index is 0.106. The van der Waals surface area contributed by atoms with Crippen molar-refractivity contribution in [2.24, 2.45) is 0 Å². The van der Waals surface area contributed by atoms with Crippen LogP contribution in [0.25, 0.3) is 0 Å². The Hall–Kier alpha value is -1.88. The Morgan fingerprint density at radius 2 is 1.81 bits per heavy atom. The number of hydrogen-bond acceptors (Lipinski definition) is 4. The molecule has 0 unspecified atom stereocenters. The predicted octanol–water partition coefficient (Wildman–Crippen LogP) is 6.27. The number of carbonyl (C=O) groups excluding carboxylic acids is 1. The van der Waals surface area contributed by atoms with Crippen LogP contribution in [0.15, 0.2) is 29.6 Å². The summed E-state index contributed by atoms with van der Waals surface area (Å²) in [4.78, 5) is 22.2. The summed E-state index contributed by atoms with van der Waals surface area (Å²) in [6.07, 6.45) is 12.0. The van der Waals surface area contributed by atoms with Gasteiger partial charge in [-0.05, 0) is 56.2 Å². The lowest BCUT2D eigenvalue weighted by atomic mass is 9.94. The van der Waals surface area contributed by atoms with E-state index in [1.165, 1.54) is 49.8 Å². The van der Waals surface area contributed by atoms with Crippen LogP contribution in [-0.4, -0.2) is 42.0 Å². The molecule has 0 radical (unpaired) electrons. The van der Waals surface area contributed by atoms with Gasteiger partial charge in [-0.15, -0.1) is 11.3 Å². The predicted molar refractivity (Wildman–Crippen MR) is 130 cm³/mol. The molecule has 0 bridgehead atoms. The summed E-state index contributed by atoms with van der Waals surface area (Å²) in [7, 11) is 1.96. The van der Waals surface area contributed by atoms with Crippen LogP contribution in [0.3, 0.4) is 0 Å². The Morgan fingerprint density at radius 1 is 1.10 bits per heavy atom. The first kappa shape index (κ1) is 22.3. The third kappa shape index (κ3) is 5.49. The number of unbranched alkanes of at least 4 members (excludes halogenated alkanes) is 1. The number of amides is 1. The number of aryl methyl sites for hydroxylation is 1. The minimum absolute atomic E-state index is 0.106. The zero-order chi connectivity index (χ0) is 21.6. The number of rotatable bonds is 7. The number of nitrogens with zero attached hydrogens (tertiary/aromatic N) is 3. The molecule has 0 atom stereocenters. The van der Waals surface area contributed by atoms with Crippen molar-refractivity contribution < 1.29 is 4.79 Å². The maximum absolute atomic E-state index is 12.9. The van der Waals surface area contributed by atoms with Gasteiger partial charge >= 0.3 is 0 Å². The van der Waals surface area contributed by atoms with Gasteiger partial charge in [0.1, 0.15) is 5.69 Å². The molecule has 5 heteroatoms. The molecule has 2 aliphatic rings. The number of carbonyl (C=O) groups is 1. The van der Waals surface area contributed by atoms with Gasteiger partial charge in [-0.2, -0.15) is 0 Å². The number of hydrogen-bond donors (Lipinski definition) is 0. The van der Waals surface area contributed by atoms with E-state index in [0.717, 1.165) is 43.8 Å². The molecule has 1 amide bonds. The summed E-state index contributed by atoms with van der Waals surface area (Å²) >= 11 is 1.68. The summed E-state index contributed by atoms with van der Waals surface area (Å²) in [6.45, 7) is 4.36. The van der Waals surface area contributed by atoms with Crippen LogP contribution in [0.1, 0.15) is 91.7 Å². The quantitative estimate of drug-likeness (QED) is 0.510. The molecule has 1 aliphatic heterocycles. The second-order valence-electron chi connectivity index (χ2n) is 9.31. The molecule has 1 aromatic heterocycles. The summed E-state index contributed by atoms with van der Waals surface area (Å²) in [5.41, 5.74) is 3.43. The van der Waals surface area contributed by atoms with Crippen LogP contribution in [0.4, 0.5) is 5.69 Å². The van der Waals surface area contributed by atoms with E-state index in [1.54, 1.807) is 11.3 Å². The highest BCUT2D eigenvalue weighted by molar-refractivity contribution is 7.09. The Bertz CT molecular complexity index is 833. The molecule has 0 spiro atoms. The third-order valence-corrected chi connectivity index (χ3v) is 8.16. The van der Waals surface area contributed by atoms with Crippen molar-refractivity contribution in [2.45, 2.75) is 83.1 Å². The summed E-state index contributed by atoms with van der Waals surface area (Å²) in [5.74, 6) is 0.585. The van der Waals surface area contributed by atoms with E-state index < -0.39 is 0 Å². The number of thiazole rings is 1. The van der Waals surface area contributed by atoms with E-state index in [4.69, 9.17) is 4.98 Å². The van der Waals surface area contributed by atoms with E-state index >= 15 is 0 Å². The molecule has 2 aromatic rings. The molecule has 1 saturated carbocycles. The highest BCUT2D eigenvalue weighted by Gasteiger charge is 2.27. The first-order valence-corrected chi connectivity index (χ1v) is 13.1. The molecule has 2 fully saturated rings. The van der Waals surface area contributed by atoms with Gasteiger partial charge in [0.05, 0.1) is 5.01 Å². The lowest BCUT2D eigenvalue weighted by molar-refractivity contribution is 0.0691. The summed E-state index contributed by atoms with van der Waals surface area (Å²) in [5, 5.41) is 3.13. The van der Waals surface area contributed by atoms with Gasteiger partial charge in [0.25, 0.3) is 5.91 Å². The minimum Gasteiger partial charge on any atom is -0.371 e. The van der Waals surface area contributed by atoms with Gasteiger partial charge in [-0.3, -0.25) is 4.79 Å². The Kier molecular flexibility index (Phi) is 7.65. The lowest BCUT2D eigenvalue weighted by Gasteiger charge is -2.33. The van der Waals surface area contributed by atoms with Crippen molar-refractivity contribution in [1.82, 2.24) is 9.88 Å². The molecule has 4 rings (SSSR count). The lowest BCUT2D eigenvalue weighted by Crippen LogP contribution is -2.38. The van der Waals surface area contributed by atoms with Gasteiger partial charge in [0, 0.05) is 43.2 Å². The standard InChI is InChI=1S/C26H37N3OS/c1-3-4-8-20-11-13-23(14-12-20)29-17-15-21(16-18-29)25-27-24(19-31-25)26(30)28(2)22-9-6-5-7-10-22/h11-14,19,21-22H,3-10,15-18H2,1-2H3. The second kappa shape index (κ2) is 10.6. The highest BCUT2D eigenvalue weighted by Crippen LogP contribution is 2.33. The topological polar surface area (TPSA) is 36.4 Å². The largest absolute Gasteiger partial charge is 0.371 e. The molecular weight excluding hydrogens is 402 g/mol. The second-order valence-corrected chi connectivity index (χ2v) is 10.2. The van der Waals surface area contributed by atoms with Gasteiger partial charge in [0.2, 0.25) is 0 Å². The third-order valence-electron chi connectivity index (χ3n) is 7.15. The van der Waals surface area contributed by atoms with Crippen LogP contribution in [0, 0.1) is 0 Å². The van der Waals surface area contributed by atoms with Gasteiger partial charge < -0.3 is 9.80 Å². The molecule has 168 valence electrons. The average molecular weight is 440 g/mol. The first-order chi connectivity index (χ1) is 15.2. The van der Waals surface area contributed by atoms with Crippen molar-refractivity contribution in [3.63, 3.8) is 0 Å².